The molecule has 1 heterocycles. The Labute approximate surface area is 110 Å². The molecule has 4 nitrogen and oxygen atoms in total. The van der Waals surface area contributed by atoms with Crippen LogP contribution in [-0.4, -0.2) is 56.5 Å². The van der Waals surface area contributed by atoms with Gasteiger partial charge in [-0.25, -0.2) is 0 Å². The normalized spacial score (nSPS) is 19.9. The van der Waals surface area contributed by atoms with Gasteiger partial charge in [0.1, 0.15) is 0 Å². The van der Waals surface area contributed by atoms with Gasteiger partial charge >= 0.3 is 12.1 Å². The second-order valence-corrected chi connectivity index (χ2v) is 4.63. The van der Waals surface area contributed by atoms with E-state index in [9.17, 15) is 18.0 Å². The van der Waals surface area contributed by atoms with Gasteiger partial charge in [0.25, 0.3) is 0 Å². The van der Waals surface area contributed by atoms with Crippen molar-refractivity contribution >= 4 is 5.97 Å². The minimum absolute atomic E-state index is 0.0223. The van der Waals surface area contributed by atoms with Crippen LogP contribution in [0.4, 0.5) is 13.2 Å². The van der Waals surface area contributed by atoms with Gasteiger partial charge in [-0.2, -0.15) is 13.2 Å². The molecule has 0 N–H and O–H groups in total. The van der Waals surface area contributed by atoms with Crippen LogP contribution < -0.4 is 0 Å². The van der Waals surface area contributed by atoms with E-state index >= 15 is 0 Å². The number of esters is 1. The zero-order valence-corrected chi connectivity index (χ0v) is 11.0. The van der Waals surface area contributed by atoms with Crippen molar-refractivity contribution in [1.29, 1.82) is 0 Å². The number of hydrogen-bond acceptors (Lipinski definition) is 4. The standard InChI is InChI=1S/C12H20F3NO3/c1-18-11(17)4-6-16(7-5-12(13,14)15)9-10-3-2-8-19-10/h10H,2-9H2,1H3. The molecule has 1 aliphatic heterocycles. The van der Waals surface area contributed by atoms with Crippen molar-refractivity contribution in [2.75, 3.05) is 33.4 Å². The molecule has 0 aromatic carbocycles. The van der Waals surface area contributed by atoms with E-state index in [-0.39, 0.29) is 25.6 Å². The van der Waals surface area contributed by atoms with Gasteiger partial charge < -0.3 is 9.47 Å². The Morgan fingerprint density at radius 2 is 2.16 bits per heavy atom. The first-order valence-electron chi connectivity index (χ1n) is 6.38. The maximum Gasteiger partial charge on any atom is 0.390 e. The van der Waals surface area contributed by atoms with E-state index in [0.29, 0.717) is 13.2 Å². The number of carbonyl (C=O) groups excluding carboxylic acids is 1. The van der Waals surface area contributed by atoms with Crippen molar-refractivity contribution in [3.63, 3.8) is 0 Å². The van der Waals surface area contributed by atoms with Crippen LogP contribution in [0, 0.1) is 0 Å². The molecule has 1 saturated heterocycles. The first-order valence-corrected chi connectivity index (χ1v) is 6.38. The summed E-state index contributed by atoms with van der Waals surface area (Å²) in [5, 5.41) is 0. The molecule has 1 unspecified atom stereocenters. The summed E-state index contributed by atoms with van der Waals surface area (Å²) in [6.45, 7) is 1.25. The monoisotopic (exact) mass is 283 g/mol. The van der Waals surface area contributed by atoms with Crippen molar-refractivity contribution in [3.05, 3.63) is 0 Å². The van der Waals surface area contributed by atoms with Crippen LogP contribution in [0.1, 0.15) is 25.7 Å². The fourth-order valence-electron chi connectivity index (χ4n) is 2.01. The summed E-state index contributed by atoms with van der Waals surface area (Å²) in [5.41, 5.74) is 0. The van der Waals surface area contributed by atoms with Crippen molar-refractivity contribution in [3.8, 4) is 0 Å². The summed E-state index contributed by atoms with van der Waals surface area (Å²) in [7, 11) is 1.27. The molecule has 1 aliphatic rings. The van der Waals surface area contributed by atoms with E-state index in [1.54, 1.807) is 4.90 Å². The Kier molecular flexibility index (Phi) is 6.57. The van der Waals surface area contributed by atoms with Gasteiger partial charge in [-0.05, 0) is 12.8 Å². The Hall–Kier alpha value is -0.820. The van der Waals surface area contributed by atoms with E-state index in [0.717, 1.165) is 12.8 Å². The van der Waals surface area contributed by atoms with Crippen LogP contribution in [-0.2, 0) is 14.3 Å². The number of carbonyl (C=O) groups is 1. The third kappa shape index (κ3) is 7.37. The van der Waals surface area contributed by atoms with Crippen LogP contribution in [0.2, 0.25) is 0 Å². The number of nitrogens with zero attached hydrogens (tertiary/aromatic N) is 1. The molecular weight excluding hydrogens is 263 g/mol. The molecule has 0 amide bonds. The second kappa shape index (κ2) is 7.69. The molecule has 1 fully saturated rings. The van der Waals surface area contributed by atoms with Crippen molar-refractivity contribution in [2.24, 2.45) is 0 Å². The molecule has 0 radical (unpaired) electrons. The quantitative estimate of drug-likeness (QED) is 0.670. The molecule has 1 atom stereocenters. The summed E-state index contributed by atoms with van der Waals surface area (Å²) in [4.78, 5) is 12.7. The fraction of sp³-hybridized carbons (Fsp3) is 0.917. The summed E-state index contributed by atoms with van der Waals surface area (Å²) >= 11 is 0. The van der Waals surface area contributed by atoms with Crippen LogP contribution >= 0.6 is 0 Å². The minimum atomic E-state index is -4.18. The molecule has 0 aromatic heterocycles. The predicted molar refractivity (Wildman–Crippen MR) is 62.7 cm³/mol. The number of rotatable bonds is 7. The summed E-state index contributed by atoms with van der Waals surface area (Å²) in [5.74, 6) is -0.413. The number of halogens is 3. The Balaban J connectivity index is 2.39. The molecule has 19 heavy (non-hydrogen) atoms. The second-order valence-electron chi connectivity index (χ2n) is 4.63. The molecule has 1 rings (SSSR count). The first kappa shape index (κ1) is 16.2. The largest absolute Gasteiger partial charge is 0.469 e. The molecule has 112 valence electrons. The van der Waals surface area contributed by atoms with E-state index < -0.39 is 18.6 Å². The van der Waals surface area contributed by atoms with Crippen molar-refractivity contribution in [1.82, 2.24) is 4.90 Å². The van der Waals surface area contributed by atoms with Gasteiger partial charge in [-0.3, -0.25) is 9.69 Å². The topological polar surface area (TPSA) is 38.8 Å². The van der Waals surface area contributed by atoms with Crippen molar-refractivity contribution in [2.45, 2.75) is 38.0 Å². The van der Waals surface area contributed by atoms with Gasteiger partial charge in [0.2, 0.25) is 0 Å². The maximum absolute atomic E-state index is 12.2. The lowest BCUT2D eigenvalue weighted by atomic mass is 10.2. The van der Waals surface area contributed by atoms with Crippen LogP contribution in [0.15, 0.2) is 0 Å². The molecule has 0 aromatic rings. The van der Waals surface area contributed by atoms with E-state index in [2.05, 4.69) is 4.74 Å². The molecule has 0 bridgehead atoms. The first-order chi connectivity index (χ1) is 8.90. The summed E-state index contributed by atoms with van der Waals surface area (Å²) < 4.78 is 46.6. The average molecular weight is 283 g/mol. The highest BCUT2D eigenvalue weighted by atomic mass is 19.4. The van der Waals surface area contributed by atoms with Gasteiger partial charge in [-0.15, -0.1) is 0 Å². The van der Waals surface area contributed by atoms with Crippen molar-refractivity contribution < 1.29 is 27.4 Å². The predicted octanol–water partition coefficient (Wildman–Crippen LogP) is 1.98. The van der Waals surface area contributed by atoms with Crippen LogP contribution in [0.5, 0.6) is 0 Å². The lowest BCUT2D eigenvalue weighted by Gasteiger charge is -2.25. The van der Waals surface area contributed by atoms with E-state index in [1.807, 2.05) is 0 Å². The molecule has 0 spiro atoms. The highest BCUT2D eigenvalue weighted by Gasteiger charge is 2.29. The van der Waals surface area contributed by atoms with Crippen LogP contribution in [0.3, 0.4) is 0 Å². The minimum Gasteiger partial charge on any atom is -0.469 e. The molecule has 0 aliphatic carbocycles. The Morgan fingerprint density at radius 3 is 2.68 bits per heavy atom. The Bertz CT molecular complexity index is 278. The number of hydrogen-bond donors (Lipinski definition) is 0. The van der Waals surface area contributed by atoms with Gasteiger partial charge in [0.05, 0.1) is 26.1 Å². The molecule has 0 saturated carbocycles. The number of alkyl halides is 3. The van der Waals surface area contributed by atoms with E-state index in [1.165, 1.54) is 7.11 Å². The Morgan fingerprint density at radius 1 is 1.42 bits per heavy atom. The molecule has 7 heteroatoms. The van der Waals surface area contributed by atoms with E-state index in [4.69, 9.17) is 4.74 Å². The number of methoxy groups -OCH3 is 1. The third-order valence-corrected chi connectivity index (χ3v) is 3.06. The maximum atomic E-state index is 12.2. The smallest absolute Gasteiger partial charge is 0.390 e. The summed E-state index contributed by atoms with van der Waals surface area (Å²) in [6.07, 6.45) is -3.18. The van der Waals surface area contributed by atoms with Gasteiger partial charge in [-0.1, -0.05) is 0 Å². The number of ether oxygens (including phenoxy) is 2. The van der Waals surface area contributed by atoms with Crippen LogP contribution in [0.25, 0.3) is 0 Å². The van der Waals surface area contributed by atoms with Gasteiger partial charge in [0, 0.05) is 26.2 Å². The average Bonchev–Trinajstić information content (AvgIpc) is 2.83. The highest BCUT2D eigenvalue weighted by Crippen LogP contribution is 2.21. The third-order valence-electron chi connectivity index (χ3n) is 3.06. The zero-order valence-electron chi connectivity index (χ0n) is 11.0. The fourth-order valence-corrected chi connectivity index (χ4v) is 2.01. The highest BCUT2D eigenvalue weighted by molar-refractivity contribution is 5.69. The lowest BCUT2D eigenvalue weighted by molar-refractivity contribution is -0.142. The summed E-state index contributed by atoms with van der Waals surface area (Å²) in [6, 6.07) is 0. The SMILES string of the molecule is COC(=O)CCN(CCC(F)(F)F)CC1CCCO1. The van der Waals surface area contributed by atoms with Gasteiger partial charge in [0.15, 0.2) is 0 Å². The molecular formula is C12H20F3NO3. The zero-order chi connectivity index (χ0) is 14.3. The lowest BCUT2D eigenvalue weighted by Crippen LogP contribution is -2.36.